The molecule has 3 unspecified atom stereocenters. The number of fused-ring (bicyclic) bond motifs is 2. The first kappa shape index (κ1) is 13.9. The van der Waals surface area contributed by atoms with Crippen LogP contribution in [0.1, 0.15) is 30.4 Å². The van der Waals surface area contributed by atoms with Crippen molar-refractivity contribution >= 4 is 12.0 Å². The van der Waals surface area contributed by atoms with Gasteiger partial charge < -0.3 is 15.3 Å². The SMILES string of the molecule is Cc1ccc(CNC(=O)N2C3CCC2C(C(=O)O)C3)cc1. The van der Waals surface area contributed by atoms with Gasteiger partial charge in [0, 0.05) is 18.6 Å². The lowest BCUT2D eigenvalue weighted by atomic mass is 9.89. The van der Waals surface area contributed by atoms with Crippen LogP contribution in [0.4, 0.5) is 4.79 Å². The molecule has 2 heterocycles. The fourth-order valence-corrected chi connectivity index (χ4v) is 3.55. The van der Waals surface area contributed by atoms with Crippen LogP contribution in [0, 0.1) is 12.8 Å². The minimum atomic E-state index is -0.779. The molecular formula is C16H20N2O3. The molecule has 5 nitrogen and oxygen atoms in total. The molecule has 5 heteroatoms. The molecule has 0 aliphatic carbocycles. The number of hydrogen-bond donors (Lipinski definition) is 2. The maximum absolute atomic E-state index is 12.3. The number of carbonyl (C=O) groups is 2. The highest BCUT2D eigenvalue weighted by atomic mass is 16.4. The van der Waals surface area contributed by atoms with Gasteiger partial charge in [-0.2, -0.15) is 0 Å². The number of nitrogens with one attached hydrogen (secondary N) is 1. The van der Waals surface area contributed by atoms with Gasteiger partial charge in [-0.25, -0.2) is 4.79 Å². The number of nitrogens with zero attached hydrogens (tertiary/aromatic N) is 1. The van der Waals surface area contributed by atoms with Gasteiger partial charge in [0.1, 0.15) is 0 Å². The summed E-state index contributed by atoms with van der Waals surface area (Å²) in [5, 5.41) is 12.1. The second-order valence-corrected chi connectivity index (χ2v) is 6.03. The summed E-state index contributed by atoms with van der Waals surface area (Å²) in [4.78, 5) is 25.3. The van der Waals surface area contributed by atoms with Gasteiger partial charge in [0.15, 0.2) is 0 Å². The molecule has 3 rings (SSSR count). The van der Waals surface area contributed by atoms with Crippen molar-refractivity contribution in [2.45, 2.75) is 44.8 Å². The van der Waals surface area contributed by atoms with Crippen LogP contribution in [0.25, 0.3) is 0 Å². The first-order chi connectivity index (χ1) is 10.1. The number of aliphatic carboxylic acids is 1. The molecule has 0 saturated carbocycles. The summed E-state index contributed by atoms with van der Waals surface area (Å²) in [5.74, 6) is -1.17. The Balaban J connectivity index is 1.61. The molecule has 21 heavy (non-hydrogen) atoms. The van der Waals surface area contributed by atoms with E-state index in [0.29, 0.717) is 13.0 Å². The maximum atomic E-state index is 12.3. The van der Waals surface area contributed by atoms with E-state index in [4.69, 9.17) is 0 Å². The van der Waals surface area contributed by atoms with Crippen LogP contribution in [0.15, 0.2) is 24.3 Å². The summed E-state index contributed by atoms with van der Waals surface area (Å²) in [6.45, 7) is 2.50. The Morgan fingerprint density at radius 3 is 2.62 bits per heavy atom. The Morgan fingerprint density at radius 1 is 1.29 bits per heavy atom. The fraction of sp³-hybridized carbons (Fsp3) is 0.500. The van der Waals surface area contributed by atoms with Gasteiger partial charge >= 0.3 is 12.0 Å². The zero-order valence-electron chi connectivity index (χ0n) is 12.1. The van der Waals surface area contributed by atoms with Crippen molar-refractivity contribution in [2.24, 2.45) is 5.92 Å². The highest BCUT2D eigenvalue weighted by Gasteiger charge is 2.51. The summed E-state index contributed by atoms with van der Waals surface area (Å²) in [6.07, 6.45) is 2.32. The van der Waals surface area contributed by atoms with Crippen molar-refractivity contribution in [2.75, 3.05) is 0 Å². The van der Waals surface area contributed by atoms with Crippen molar-refractivity contribution in [1.82, 2.24) is 10.2 Å². The van der Waals surface area contributed by atoms with Crippen LogP contribution in [0.5, 0.6) is 0 Å². The zero-order valence-corrected chi connectivity index (χ0v) is 12.1. The van der Waals surface area contributed by atoms with Gasteiger partial charge in [-0.05, 0) is 31.7 Å². The minimum Gasteiger partial charge on any atom is -0.481 e. The lowest BCUT2D eigenvalue weighted by molar-refractivity contribution is -0.142. The van der Waals surface area contributed by atoms with Crippen molar-refractivity contribution in [1.29, 1.82) is 0 Å². The first-order valence-corrected chi connectivity index (χ1v) is 7.41. The van der Waals surface area contributed by atoms with E-state index in [2.05, 4.69) is 5.32 Å². The average molecular weight is 288 g/mol. The Labute approximate surface area is 123 Å². The Kier molecular flexibility index (Phi) is 3.57. The monoisotopic (exact) mass is 288 g/mol. The van der Waals surface area contributed by atoms with E-state index in [9.17, 15) is 14.7 Å². The van der Waals surface area contributed by atoms with Gasteiger partial charge in [-0.1, -0.05) is 29.8 Å². The van der Waals surface area contributed by atoms with E-state index in [0.717, 1.165) is 18.4 Å². The number of carboxylic acids is 1. The van der Waals surface area contributed by atoms with Crippen molar-refractivity contribution in [3.8, 4) is 0 Å². The number of benzene rings is 1. The zero-order chi connectivity index (χ0) is 15.0. The van der Waals surface area contributed by atoms with Crippen molar-refractivity contribution in [3.05, 3.63) is 35.4 Å². The van der Waals surface area contributed by atoms with Crippen LogP contribution >= 0.6 is 0 Å². The summed E-state index contributed by atoms with van der Waals surface area (Å²) < 4.78 is 0. The van der Waals surface area contributed by atoms with Gasteiger partial charge in [0.05, 0.1) is 5.92 Å². The summed E-state index contributed by atoms with van der Waals surface area (Å²) in [7, 11) is 0. The fourth-order valence-electron chi connectivity index (χ4n) is 3.55. The molecule has 2 aliphatic rings. The molecule has 2 fully saturated rings. The standard InChI is InChI=1S/C16H20N2O3/c1-10-2-4-11(5-3-10)9-17-16(21)18-12-6-7-14(18)13(8-12)15(19)20/h2-5,12-14H,6-9H2,1H3,(H,17,21)(H,19,20). The molecule has 2 aliphatic heterocycles. The highest BCUT2D eigenvalue weighted by molar-refractivity contribution is 5.79. The molecule has 1 aromatic carbocycles. The van der Waals surface area contributed by atoms with E-state index in [1.807, 2.05) is 31.2 Å². The topological polar surface area (TPSA) is 69.6 Å². The predicted octanol–water partition coefficient (Wildman–Crippen LogP) is 2.14. The molecule has 0 spiro atoms. The number of hydrogen-bond acceptors (Lipinski definition) is 2. The van der Waals surface area contributed by atoms with Crippen LogP contribution in [0.2, 0.25) is 0 Å². The number of urea groups is 1. The summed E-state index contributed by atoms with van der Waals surface area (Å²) in [5.41, 5.74) is 2.24. The van der Waals surface area contributed by atoms with Gasteiger partial charge in [-0.15, -0.1) is 0 Å². The largest absolute Gasteiger partial charge is 0.481 e. The smallest absolute Gasteiger partial charge is 0.318 e. The predicted molar refractivity (Wildman–Crippen MR) is 77.8 cm³/mol. The van der Waals surface area contributed by atoms with Crippen LogP contribution in [-0.4, -0.2) is 34.1 Å². The van der Waals surface area contributed by atoms with Gasteiger partial charge in [-0.3, -0.25) is 4.79 Å². The number of amides is 2. The molecule has 2 amide bonds. The van der Waals surface area contributed by atoms with E-state index < -0.39 is 11.9 Å². The normalized spacial score (nSPS) is 26.9. The summed E-state index contributed by atoms with van der Waals surface area (Å²) >= 11 is 0. The maximum Gasteiger partial charge on any atom is 0.318 e. The van der Waals surface area contributed by atoms with Crippen molar-refractivity contribution < 1.29 is 14.7 Å². The number of aryl methyl sites for hydroxylation is 1. The van der Waals surface area contributed by atoms with Crippen molar-refractivity contribution in [3.63, 3.8) is 0 Å². The molecule has 3 atom stereocenters. The average Bonchev–Trinajstić information content (AvgIpc) is 3.04. The quantitative estimate of drug-likeness (QED) is 0.895. The van der Waals surface area contributed by atoms with E-state index >= 15 is 0 Å². The molecule has 2 N–H and O–H groups in total. The van der Waals surface area contributed by atoms with E-state index in [-0.39, 0.29) is 18.1 Å². The molecule has 2 bridgehead atoms. The number of rotatable bonds is 3. The molecular weight excluding hydrogens is 268 g/mol. The molecule has 2 saturated heterocycles. The number of carboxylic acid groups (broad SMARTS) is 1. The Morgan fingerprint density at radius 2 is 2.00 bits per heavy atom. The lowest BCUT2D eigenvalue weighted by Crippen LogP contribution is -2.44. The Bertz CT molecular complexity index is 555. The lowest BCUT2D eigenvalue weighted by Gasteiger charge is -2.23. The highest BCUT2D eigenvalue weighted by Crippen LogP contribution is 2.41. The third-order valence-electron chi connectivity index (χ3n) is 4.65. The van der Waals surface area contributed by atoms with Crippen LogP contribution < -0.4 is 5.32 Å². The van der Waals surface area contributed by atoms with E-state index in [1.165, 1.54) is 5.56 Å². The molecule has 0 radical (unpaired) electrons. The second-order valence-electron chi connectivity index (χ2n) is 6.03. The Hall–Kier alpha value is -2.04. The van der Waals surface area contributed by atoms with Crippen LogP contribution in [0.3, 0.4) is 0 Å². The molecule has 0 aromatic heterocycles. The first-order valence-electron chi connectivity index (χ1n) is 7.41. The summed E-state index contributed by atoms with van der Waals surface area (Å²) in [6, 6.07) is 7.84. The number of carbonyl (C=O) groups excluding carboxylic acids is 1. The third kappa shape index (κ3) is 2.60. The minimum absolute atomic E-state index is 0.0918. The van der Waals surface area contributed by atoms with Gasteiger partial charge in [0.2, 0.25) is 0 Å². The van der Waals surface area contributed by atoms with Crippen LogP contribution in [-0.2, 0) is 11.3 Å². The third-order valence-corrected chi connectivity index (χ3v) is 4.65. The molecule has 112 valence electrons. The van der Waals surface area contributed by atoms with Gasteiger partial charge in [0.25, 0.3) is 0 Å². The second kappa shape index (κ2) is 5.39. The van der Waals surface area contributed by atoms with E-state index in [1.54, 1.807) is 4.90 Å². The molecule has 1 aromatic rings.